The van der Waals surface area contributed by atoms with Gasteiger partial charge < -0.3 is 0 Å². The van der Waals surface area contributed by atoms with Gasteiger partial charge in [-0.2, -0.15) is 0 Å². The number of anilines is 1. The Morgan fingerprint density at radius 2 is 2.05 bits per heavy atom. The lowest BCUT2D eigenvalue weighted by Gasteiger charge is -2.10. The molecule has 1 aromatic heterocycles. The highest BCUT2D eigenvalue weighted by molar-refractivity contribution is 7.92. The summed E-state index contributed by atoms with van der Waals surface area (Å²) in [6.45, 7) is 3.53. The number of Topliss-reactive ketones (excluding diaryl/α,β-unsaturated/α-hetero) is 1. The minimum atomic E-state index is -3.74. The molecule has 0 fully saturated rings. The third kappa shape index (κ3) is 3.46. The summed E-state index contributed by atoms with van der Waals surface area (Å²) in [6.07, 6.45) is 3.38. The van der Waals surface area contributed by atoms with Crippen LogP contribution in [0.3, 0.4) is 0 Å². The van der Waals surface area contributed by atoms with Gasteiger partial charge in [0.05, 0.1) is 16.8 Å². The molecule has 0 radical (unpaired) electrons. The van der Waals surface area contributed by atoms with E-state index in [2.05, 4.69) is 9.71 Å². The van der Waals surface area contributed by atoms with Crippen LogP contribution in [0.1, 0.15) is 29.3 Å². The number of pyridine rings is 1. The lowest BCUT2D eigenvalue weighted by Crippen LogP contribution is -2.14. The van der Waals surface area contributed by atoms with E-state index in [1.54, 1.807) is 38.2 Å². The molecule has 1 aromatic carbocycles. The van der Waals surface area contributed by atoms with E-state index in [-0.39, 0.29) is 10.7 Å². The molecule has 0 saturated heterocycles. The van der Waals surface area contributed by atoms with Crippen molar-refractivity contribution in [2.75, 3.05) is 4.72 Å². The molecule has 0 aliphatic heterocycles. The normalized spacial score (nSPS) is 11.1. The molecule has 0 aliphatic carbocycles. The van der Waals surface area contributed by atoms with Crippen LogP contribution < -0.4 is 4.72 Å². The zero-order valence-electron chi connectivity index (χ0n) is 11.8. The van der Waals surface area contributed by atoms with Crippen molar-refractivity contribution in [3.63, 3.8) is 0 Å². The summed E-state index contributed by atoms with van der Waals surface area (Å²) in [7, 11) is -3.74. The van der Waals surface area contributed by atoms with Crippen molar-refractivity contribution in [2.45, 2.75) is 25.2 Å². The lowest BCUT2D eigenvalue weighted by molar-refractivity contribution is 0.0988. The van der Waals surface area contributed by atoms with Crippen molar-refractivity contribution in [1.29, 1.82) is 0 Å². The minimum absolute atomic E-state index is 0.0602. The van der Waals surface area contributed by atoms with Crippen LogP contribution in [0.4, 0.5) is 5.69 Å². The molecule has 110 valence electrons. The van der Waals surface area contributed by atoms with Crippen molar-refractivity contribution < 1.29 is 13.2 Å². The van der Waals surface area contributed by atoms with Gasteiger partial charge in [-0.1, -0.05) is 19.1 Å². The van der Waals surface area contributed by atoms with Crippen LogP contribution in [0, 0.1) is 6.92 Å². The SMILES string of the molecule is CCC(=O)c1cccc(S(=O)(=O)Nc2cnccc2C)c1. The smallest absolute Gasteiger partial charge is 0.261 e. The van der Waals surface area contributed by atoms with Crippen LogP contribution >= 0.6 is 0 Å². The predicted molar refractivity (Wildman–Crippen MR) is 80.8 cm³/mol. The molecule has 0 atom stereocenters. The number of aryl methyl sites for hydroxylation is 1. The van der Waals surface area contributed by atoms with Crippen molar-refractivity contribution in [2.24, 2.45) is 0 Å². The first-order chi connectivity index (χ1) is 9.94. The number of ketones is 1. The highest BCUT2D eigenvalue weighted by Crippen LogP contribution is 2.19. The third-order valence-corrected chi connectivity index (χ3v) is 4.43. The zero-order chi connectivity index (χ0) is 15.5. The average Bonchev–Trinajstić information content (AvgIpc) is 2.49. The van der Waals surface area contributed by atoms with Crippen molar-refractivity contribution in [3.05, 3.63) is 53.9 Å². The van der Waals surface area contributed by atoms with Crippen molar-refractivity contribution in [1.82, 2.24) is 4.98 Å². The van der Waals surface area contributed by atoms with Gasteiger partial charge in [-0.15, -0.1) is 0 Å². The number of nitrogens with one attached hydrogen (secondary N) is 1. The van der Waals surface area contributed by atoms with Crippen molar-refractivity contribution in [3.8, 4) is 0 Å². The van der Waals surface area contributed by atoms with E-state index < -0.39 is 10.0 Å². The molecule has 0 amide bonds. The van der Waals surface area contributed by atoms with E-state index in [1.807, 2.05) is 0 Å². The first kappa shape index (κ1) is 15.2. The maximum absolute atomic E-state index is 12.4. The van der Waals surface area contributed by atoms with Crippen LogP contribution in [-0.2, 0) is 10.0 Å². The summed E-state index contributed by atoms with van der Waals surface area (Å²) in [5.41, 5.74) is 1.59. The van der Waals surface area contributed by atoms with Gasteiger partial charge in [0.2, 0.25) is 0 Å². The Bertz CT molecular complexity index is 770. The Balaban J connectivity index is 2.36. The minimum Gasteiger partial charge on any atom is -0.294 e. The molecule has 0 spiro atoms. The van der Waals surface area contributed by atoms with Crippen LogP contribution in [0.15, 0.2) is 47.6 Å². The van der Waals surface area contributed by atoms with E-state index in [0.29, 0.717) is 17.7 Å². The maximum Gasteiger partial charge on any atom is 0.261 e. The van der Waals surface area contributed by atoms with E-state index in [1.165, 1.54) is 18.3 Å². The molecule has 0 saturated carbocycles. The highest BCUT2D eigenvalue weighted by Gasteiger charge is 2.17. The molecule has 0 aliphatic rings. The summed E-state index contributed by atoms with van der Waals surface area (Å²) in [4.78, 5) is 15.6. The fourth-order valence-electron chi connectivity index (χ4n) is 1.82. The van der Waals surface area contributed by atoms with Crippen LogP contribution in [0.2, 0.25) is 0 Å². The van der Waals surface area contributed by atoms with Gasteiger partial charge in [0.25, 0.3) is 10.0 Å². The first-order valence-electron chi connectivity index (χ1n) is 6.50. The first-order valence-corrected chi connectivity index (χ1v) is 7.99. The van der Waals surface area contributed by atoms with Gasteiger partial charge >= 0.3 is 0 Å². The molecule has 0 bridgehead atoms. The topological polar surface area (TPSA) is 76.1 Å². The fourth-order valence-corrected chi connectivity index (χ4v) is 2.98. The molecule has 1 heterocycles. The summed E-state index contributed by atoms with van der Waals surface area (Å²) in [5, 5.41) is 0. The van der Waals surface area contributed by atoms with Crippen LogP contribution in [0.5, 0.6) is 0 Å². The molecular formula is C15H16N2O3S. The highest BCUT2D eigenvalue weighted by atomic mass is 32.2. The molecular weight excluding hydrogens is 288 g/mol. The van der Waals surface area contributed by atoms with Gasteiger partial charge in [0.15, 0.2) is 5.78 Å². The lowest BCUT2D eigenvalue weighted by atomic mass is 10.1. The van der Waals surface area contributed by atoms with Crippen molar-refractivity contribution >= 4 is 21.5 Å². The van der Waals surface area contributed by atoms with E-state index in [4.69, 9.17) is 0 Å². The average molecular weight is 304 g/mol. The van der Waals surface area contributed by atoms with E-state index >= 15 is 0 Å². The molecule has 2 aromatic rings. The molecule has 2 rings (SSSR count). The standard InChI is InChI=1S/C15H16N2O3S/c1-3-15(18)12-5-4-6-13(9-12)21(19,20)17-14-10-16-8-7-11(14)2/h4-10,17H,3H2,1-2H3. The zero-order valence-corrected chi connectivity index (χ0v) is 12.6. The third-order valence-electron chi connectivity index (χ3n) is 3.07. The number of nitrogens with zero attached hydrogens (tertiary/aromatic N) is 1. The van der Waals surface area contributed by atoms with E-state index in [9.17, 15) is 13.2 Å². The molecule has 21 heavy (non-hydrogen) atoms. The molecule has 0 unspecified atom stereocenters. The maximum atomic E-state index is 12.4. The monoisotopic (exact) mass is 304 g/mol. The summed E-state index contributed by atoms with van der Waals surface area (Å²) in [5.74, 6) is -0.0930. The van der Waals surface area contributed by atoms with E-state index in [0.717, 1.165) is 5.56 Å². The molecule has 5 nitrogen and oxygen atoms in total. The number of carbonyl (C=O) groups excluding carboxylic acids is 1. The fraction of sp³-hybridized carbons (Fsp3) is 0.200. The van der Waals surface area contributed by atoms with Crippen LogP contribution in [0.25, 0.3) is 0 Å². The van der Waals surface area contributed by atoms with Gasteiger partial charge in [-0.05, 0) is 30.7 Å². The van der Waals surface area contributed by atoms with Crippen LogP contribution in [-0.4, -0.2) is 19.2 Å². The molecule has 1 N–H and O–H groups in total. The quantitative estimate of drug-likeness (QED) is 0.862. The number of hydrogen-bond acceptors (Lipinski definition) is 4. The molecule has 6 heteroatoms. The van der Waals surface area contributed by atoms with Gasteiger partial charge in [-0.25, -0.2) is 8.42 Å². The second-order valence-electron chi connectivity index (χ2n) is 4.60. The number of sulfonamides is 1. The largest absolute Gasteiger partial charge is 0.294 e. The predicted octanol–water partition coefficient (Wildman–Crippen LogP) is 2.78. The Morgan fingerprint density at radius 3 is 2.71 bits per heavy atom. The Hall–Kier alpha value is -2.21. The van der Waals surface area contributed by atoms with Gasteiger partial charge in [-0.3, -0.25) is 14.5 Å². The second-order valence-corrected chi connectivity index (χ2v) is 6.28. The number of benzene rings is 1. The summed E-state index contributed by atoms with van der Waals surface area (Å²) >= 11 is 0. The number of hydrogen-bond donors (Lipinski definition) is 1. The second kappa shape index (κ2) is 6.05. The summed E-state index contributed by atoms with van der Waals surface area (Å²) < 4.78 is 27.2. The Kier molecular flexibility index (Phi) is 4.37. The number of rotatable bonds is 5. The Labute approximate surface area is 124 Å². The number of carbonyl (C=O) groups is 1. The summed E-state index contributed by atoms with van der Waals surface area (Å²) in [6, 6.07) is 7.74. The Morgan fingerprint density at radius 1 is 1.29 bits per heavy atom. The number of aromatic nitrogens is 1. The van der Waals surface area contributed by atoms with Gasteiger partial charge in [0, 0.05) is 18.2 Å². The van der Waals surface area contributed by atoms with Gasteiger partial charge in [0.1, 0.15) is 0 Å².